The molecular weight excluding hydrogens is 212 g/mol. The van der Waals surface area contributed by atoms with Gasteiger partial charge in [-0.05, 0) is 42.7 Å². The number of nitrogens with two attached hydrogens (primary N) is 1. The third-order valence-corrected chi connectivity index (χ3v) is 2.75. The van der Waals surface area contributed by atoms with Crippen molar-refractivity contribution in [3.05, 3.63) is 47.4 Å². The zero-order valence-corrected chi connectivity index (χ0v) is 10.1. The summed E-state index contributed by atoms with van der Waals surface area (Å²) in [6, 6.07) is 3.96. The summed E-state index contributed by atoms with van der Waals surface area (Å²) in [6.45, 7) is 4.76. The van der Waals surface area contributed by atoms with Gasteiger partial charge in [-0.15, -0.1) is 0 Å². The molecule has 0 bridgehead atoms. The molecular formula is C13H16N4. The predicted molar refractivity (Wildman–Crippen MR) is 69.7 cm³/mol. The van der Waals surface area contributed by atoms with Gasteiger partial charge in [0.05, 0.1) is 11.9 Å². The average Bonchev–Trinajstić information content (AvgIpc) is 2.32. The van der Waals surface area contributed by atoms with E-state index in [1.165, 1.54) is 11.1 Å². The summed E-state index contributed by atoms with van der Waals surface area (Å²) < 4.78 is 0. The van der Waals surface area contributed by atoms with Crippen LogP contribution in [0, 0.1) is 13.8 Å². The highest BCUT2D eigenvalue weighted by atomic mass is 15.0. The number of anilines is 2. The van der Waals surface area contributed by atoms with Crippen molar-refractivity contribution >= 4 is 11.5 Å². The van der Waals surface area contributed by atoms with Crippen molar-refractivity contribution in [1.82, 2.24) is 9.97 Å². The molecule has 17 heavy (non-hydrogen) atoms. The lowest BCUT2D eigenvalue weighted by atomic mass is 10.1. The number of hydrogen-bond donors (Lipinski definition) is 2. The standard InChI is InChI=1S/C13H16N4/c1-9-5-13(17-8-12(9)14)16-7-11-3-4-15-6-10(11)2/h3-6,8H,7,14H2,1-2H3,(H,16,17). The van der Waals surface area contributed by atoms with Gasteiger partial charge < -0.3 is 11.1 Å². The molecule has 4 heteroatoms. The molecule has 0 spiro atoms. The topological polar surface area (TPSA) is 63.8 Å². The van der Waals surface area contributed by atoms with Crippen LogP contribution in [0.25, 0.3) is 0 Å². The molecule has 88 valence electrons. The Morgan fingerprint density at radius 2 is 2.06 bits per heavy atom. The SMILES string of the molecule is Cc1cc(NCc2ccncc2C)ncc1N. The minimum absolute atomic E-state index is 0.718. The molecule has 0 radical (unpaired) electrons. The number of nitrogen functional groups attached to an aromatic ring is 1. The second-order valence-corrected chi connectivity index (χ2v) is 4.08. The molecule has 0 unspecified atom stereocenters. The second-order valence-electron chi connectivity index (χ2n) is 4.08. The lowest BCUT2D eigenvalue weighted by Gasteiger charge is -2.09. The van der Waals surface area contributed by atoms with Gasteiger partial charge in [0, 0.05) is 18.9 Å². The number of aryl methyl sites for hydroxylation is 2. The molecule has 2 rings (SSSR count). The first-order valence-electron chi connectivity index (χ1n) is 5.52. The van der Waals surface area contributed by atoms with E-state index in [2.05, 4.69) is 15.3 Å². The molecule has 0 fully saturated rings. The van der Waals surface area contributed by atoms with Crippen LogP contribution in [0.3, 0.4) is 0 Å². The zero-order chi connectivity index (χ0) is 12.3. The highest BCUT2D eigenvalue weighted by molar-refractivity contribution is 5.51. The number of nitrogens with zero attached hydrogens (tertiary/aromatic N) is 2. The van der Waals surface area contributed by atoms with Crippen LogP contribution in [0.5, 0.6) is 0 Å². The fourth-order valence-electron chi connectivity index (χ4n) is 1.55. The summed E-state index contributed by atoms with van der Waals surface area (Å²) in [6.07, 6.45) is 5.33. The quantitative estimate of drug-likeness (QED) is 0.846. The van der Waals surface area contributed by atoms with Crippen LogP contribution < -0.4 is 11.1 Å². The number of pyridine rings is 2. The maximum Gasteiger partial charge on any atom is 0.126 e. The van der Waals surface area contributed by atoms with Gasteiger partial charge >= 0.3 is 0 Å². The first kappa shape index (κ1) is 11.4. The predicted octanol–water partition coefficient (Wildman–Crippen LogP) is 2.29. The number of aromatic nitrogens is 2. The van der Waals surface area contributed by atoms with E-state index >= 15 is 0 Å². The number of nitrogens with one attached hydrogen (secondary N) is 1. The molecule has 0 aliphatic rings. The van der Waals surface area contributed by atoms with E-state index in [0.717, 1.165) is 23.6 Å². The van der Waals surface area contributed by atoms with Crippen LogP contribution in [0.1, 0.15) is 16.7 Å². The van der Waals surface area contributed by atoms with E-state index in [1.54, 1.807) is 12.4 Å². The highest BCUT2D eigenvalue weighted by Gasteiger charge is 2.00. The van der Waals surface area contributed by atoms with Gasteiger partial charge in [0.2, 0.25) is 0 Å². The van der Waals surface area contributed by atoms with Crippen molar-refractivity contribution < 1.29 is 0 Å². The summed E-state index contributed by atoms with van der Waals surface area (Å²) in [5.41, 5.74) is 9.87. The smallest absolute Gasteiger partial charge is 0.126 e. The van der Waals surface area contributed by atoms with Gasteiger partial charge in [0.15, 0.2) is 0 Å². The van der Waals surface area contributed by atoms with Gasteiger partial charge in [-0.1, -0.05) is 0 Å². The highest BCUT2D eigenvalue weighted by Crippen LogP contribution is 2.14. The van der Waals surface area contributed by atoms with Gasteiger partial charge in [-0.3, -0.25) is 4.98 Å². The van der Waals surface area contributed by atoms with Gasteiger partial charge in [-0.2, -0.15) is 0 Å². The van der Waals surface area contributed by atoms with Crippen molar-refractivity contribution in [3.8, 4) is 0 Å². The van der Waals surface area contributed by atoms with Crippen LogP contribution in [-0.2, 0) is 6.54 Å². The van der Waals surface area contributed by atoms with E-state index in [1.807, 2.05) is 32.2 Å². The van der Waals surface area contributed by atoms with Crippen LogP contribution in [0.2, 0.25) is 0 Å². The summed E-state index contributed by atoms with van der Waals surface area (Å²) in [5.74, 6) is 0.841. The maximum atomic E-state index is 5.72. The number of hydrogen-bond acceptors (Lipinski definition) is 4. The summed E-state index contributed by atoms with van der Waals surface area (Å²) >= 11 is 0. The summed E-state index contributed by atoms with van der Waals surface area (Å²) in [4.78, 5) is 8.30. The van der Waals surface area contributed by atoms with Crippen molar-refractivity contribution in [2.45, 2.75) is 20.4 Å². The van der Waals surface area contributed by atoms with Crippen LogP contribution >= 0.6 is 0 Å². The largest absolute Gasteiger partial charge is 0.397 e. The van der Waals surface area contributed by atoms with E-state index in [-0.39, 0.29) is 0 Å². The Morgan fingerprint density at radius 3 is 2.76 bits per heavy atom. The molecule has 4 nitrogen and oxygen atoms in total. The average molecular weight is 228 g/mol. The molecule has 0 aliphatic heterocycles. The first-order valence-corrected chi connectivity index (χ1v) is 5.52. The third-order valence-electron chi connectivity index (χ3n) is 2.75. The Bertz CT molecular complexity index is 523. The Kier molecular flexibility index (Phi) is 3.23. The van der Waals surface area contributed by atoms with E-state index in [4.69, 9.17) is 5.73 Å². The minimum Gasteiger partial charge on any atom is -0.397 e. The third kappa shape index (κ3) is 2.72. The van der Waals surface area contributed by atoms with E-state index < -0.39 is 0 Å². The van der Waals surface area contributed by atoms with Crippen molar-refractivity contribution in [3.63, 3.8) is 0 Å². The molecule has 2 aromatic rings. The van der Waals surface area contributed by atoms with Gasteiger partial charge in [-0.25, -0.2) is 4.98 Å². The second kappa shape index (κ2) is 4.82. The fourth-order valence-corrected chi connectivity index (χ4v) is 1.55. The molecule has 3 N–H and O–H groups in total. The summed E-state index contributed by atoms with van der Waals surface area (Å²) in [7, 11) is 0. The molecule has 0 amide bonds. The molecule has 0 saturated carbocycles. The molecule has 0 aromatic carbocycles. The zero-order valence-electron chi connectivity index (χ0n) is 10.1. The lowest BCUT2D eigenvalue weighted by molar-refractivity contribution is 1.07. The molecule has 0 atom stereocenters. The minimum atomic E-state index is 0.718. The van der Waals surface area contributed by atoms with Crippen LogP contribution in [0.15, 0.2) is 30.7 Å². The van der Waals surface area contributed by atoms with Gasteiger partial charge in [0.1, 0.15) is 5.82 Å². The summed E-state index contributed by atoms with van der Waals surface area (Å²) in [5, 5.41) is 3.28. The van der Waals surface area contributed by atoms with Crippen molar-refractivity contribution in [1.29, 1.82) is 0 Å². The van der Waals surface area contributed by atoms with E-state index in [0.29, 0.717) is 0 Å². The molecule has 2 aromatic heterocycles. The number of rotatable bonds is 3. The van der Waals surface area contributed by atoms with Crippen LogP contribution in [0.4, 0.5) is 11.5 Å². The Hall–Kier alpha value is -2.10. The fraction of sp³-hybridized carbons (Fsp3) is 0.231. The Morgan fingerprint density at radius 1 is 1.24 bits per heavy atom. The molecule has 0 saturated heterocycles. The Labute approximate surface area is 101 Å². The molecule has 2 heterocycles. The Balaban J connectivity index is 2.08. The monoisotopic (exact) mass is 228 g/mol. The van der Waals surface area contributed by atoms with Gasteiger partial charge in [0.25, 0.3) is 0 Å². The van der Waals surface area contributed by atoms with Crippen molar-refractivity contribution in [2.75, 3.05) is 11.1 Å². The van der Waals surface area contributed by atoms with Crippen LogP contribution in [-0.4, -0.2) is 9.97 Å². The van der Waals surface area contributed by atoms with Crippen molar-refractivity contribution in [2.24, 2.45) is 0 Å². The normalized spacial score (nSPS) is 10.2. The lowest BCUT2D eigenvalue weighted by Crippen LogP contribution is -2.04. The molecule has 0 aliphatic carbocycles. The van der Waals surface area contributed by atoms with E-state index in [9.17, 15) is 0 Å². The maximum absolute atomic E-state index is 5.72. The first-order chi connectivity index (χ1) is 8.16.